The molecule has 3 atom stereocenters. The number of likely N-dealkylation sites (N-methyl/N-ethyl adjacent to an activating group) is 1. The Balaban J connectivity index is 1.49. The molecule has 2 aliphatic heterocycles. The second-order valence-electron chi connectivity index (χ2n) is 11.2. The van der Waals surface area contributed by atoms with Crippen LogP contribution in [0.5, 0.6) is 5.75 Å². The normalized spacial score (nSPS) is 20.8. The monoisotopic (exact) mass is 591 g/mol. The molecule has 11 nitrogen and oxygen atoms in total. The molecular weight excluding hydrogens is 550 g/mol. The van der Waals surface area contributed by atoms with E-state index in [0.717, 1.165) is 24.1 Å². The summed E-state index contributed by atoms with van der Waals surface area (Å²) in [5.41, 5.74) is 2.04. The van der Waals surface area contributed by atoms with Crippen LogP contribution in [0.25, 0.3) is 0 Å². The summed E-state index contributed by atoms with van der Waals surface area (Å²) in [4.78, 5) is 68.4. The number of hydrogen-bond acceptors (Lipinski definition) is 6. The number of fused-ring (bicyclic) bond motifs is 1. The maximum absolute atomic E-state index is 13.4. The average Bonchev–Trinajstić information content (AvgIpc) is 3.41. The Morgan fingerprint density at radius 2 is 1.74 bits per heavy atom. The number of rotatable bonds is 7. The Morgan fingerprint density at radius 1 is 1.02 bits per heavy atom. The zero-order chi connectivity index (χ0) is 30.9. The first-order valence-electron chi connectivity index (χ1n) is 14.9. The van der Waals surface area contributed by atoms with Gasteiger partial charge in [-0.15, -0.1) is 0 Å². The Kier molecular flexibility index (Phi) is 10.7. The van der Waals surface area contributed by atoms with E-state index in [2.05, 4.69) is 16.0 Å². The number of nitrogens with zero attached hydrogens (tertiary/aromatic N) is 2. The third-order valence-corrected chi connectivity index (χ3v) is 8.03. The third kappa shape index (κ3) is 8.33. The quantitative estimate of drug-likeness (QED) is 0.451. The van der Waals surface area contributed by atoms with Crippen LogP contribution in [0.4, 0.5) is 0 Å². The molecule has 2 heterocycles. The smallest absolute Gasteiger partial charge is 0.255 e. The van der Waals surface area contributed by atoms with Crippen molar-refractivity contribution in [3.05, 3.63) is 65.2 Å². The highest BCUT2D eigenvalue weighted by atomic mass is 16.5. The highest BCUT2D eigenvalue weighted by Crippen LogP contribution is 2.19. The van der Waals surface area contributed by atoms with Crippen molar-refractivity contribution in [3.63, 3.8) is 0 Å². The fourth-order valence-electron chi connectivity index (χ4n) is 5.13. The van der Waals surface area contributed by atoms with Crippen molar-refractivity contribution in [2.45, 2.75) is 64.7 Å². The van der Waals surface area contributed by atoms with Gasteiger partial charge >= 0.3 is 0 Å². The molecule has 3 N–H and O–H groups in total. The van der Waals surface area contributed by atoms with Crippen molar-refractivity contribution in [3.8, 4) is 5.75 Å². The molecule has 1 saturated heterocycles. The van der Waals surface area contributed by atoms with E-state index in [9.17, 15) is 24.0 Å². The highest BCUT2D eigenvalue weighted by Gasteiger charge is 2.32. The van der Waals surface area contributed by atoms with Gasteiger partial charge in [-0.05, 0) is 35.6 Å². The molecule has 0 spiro atoms. The molecule has 0 bridgehead atoms. The minimum Gasteiger partial charge on any atom is -0.491 e. The number of amides is 5. The van der Waals surface area contributed by atoms with Crippen molar-refractivity contribution < 1.29 is 28.7 Å². The lowest BCUT2D eigenvalue weighted by Gasteiger charge is -2.29. The summed E-state index contributed by atoms with van der Waals surface area (Å²) in [5.74, 6) is -1.54. The molecule has 0 aromatic heterocycles. The number of hydrogen-bond donors (Lipinski definition) is 3. The molecule has 2 aliphatic rings. The predicted octanol–water partition coefficient (Wildman–Crippen LogP) is 2.00. The molecule has 2 aromatic carbocycles. The molecule has 0 aliphatic carbocycles. The van der Waals surface area contributed by atoms with E-state index in [1.54, 1.807) is 31.3 Å². The molecule has 2 aromatic rings. The van der Waals surface area contributed by atoms with Gasteiger partial charge in [0, 0.05) is 33.1 Å². The standard InChI is InChI=1S/C32H41N5O6/c1-4-21(2)29-32(42)36(3)16-17-43-26-9-6-5-8-24(26)30(40)34-25(18-27(38)35-29)31(41)33-19-22-11-13-23(14-12-22)20-37-15-7-10-28(37)39/h5-6,8-9,11-14,21,25,29H,4,7,10,15-20H2,1-3H3,(H,33,41)(H,34,40)(H,35,38)/t21-,25-,29-/m0/s1. The van der Waals surface area contributed by atoms with E-state index >= 15 is 0 Å². The van der Waals surface area contributed by atoms with Crippen molar-refractivity contribution in [2.24, 2.45) is 5.92 Å². The molecule has 5 amide bonds. The minimum absolute atomic E-state index is 0.144. The third-order valence-electron chi connectivity index (χ3n) is 8.03. The van der Waals surface area contributed by atoms with Gasteiger partial charge in [0.1, 0.15) is 24.4 Å². The van der Waals surface area contributed by atoms with Gasteiger partial charge in [-0.1, -0.05) is 56.7 Å². The first kappa shape index (κ1) is 31.5. The molecular formula is C32H41N5O6. The summed E-state index contributed by atoms with van der Waals surface area (Å²) in [5, 5.41) is 8.33. The molecule has 43 heavy (non-hydrogen) atoms. The van der Waals surface area contributed by atoms with Crippen LogP contribution in [0.1, 0.15) is 61.0 Å². The minimum atomic E-state index is -1.20. The molecule has 1 fully saturated rings. The van der Waals surface area contributed by atoms with Gasteiger partial charge in [0.2, 0.25) is 23.6 Å². The number of carbonyl (C=O) groups excluding carboxylic acids is 5. The van der Waals surface area contributed by atoms with E-state index in [1.165, 1.54) is 4.90 Å². The second kappa shape index (κ2) is 14.7. The van der Waals surface area contributed by atoms with Crippen LogP contribution in [-0.4, -0.2) is 78.2 Å². The van der Waals surface area contributed by atoms with Gasteiger partial charge < -0.3 is 30.5 Å². The summed E-state index contributed by atoms with van der Waals surface area (Å²) in [7, 11) is 1.65. The van der Waals surface area contributed by atoms with E-state index in [4.69, 9.17) is 4.74 Å². The number of likely N-dealkylation sites (tertiary alicyclic amines) is 1. The summed E-state index contributed by atoms with van der Waals surface area (Å²) in [6.45, 7) is 5.71. The lowest BCUT2D eigenvalue weighted by atomic mass is 9.97. The number of ether oxygens (including phenoxy) is 1. The maximum atomic E-state index is 13.4. The first-order chi connectivity index (χ1) is 20.7. The van der Waals surface area contributed by atoms with E-state index in [-0.39, 0.29) is 49.4 Å². The van der Waals surface area contributed by atoms with Crippen molar-refractivity contribution in [1.29, 1.82) is 0 Å². The topological polar surface area (TPSA) is 137 Å². The maximum Gasteiger partial charge on any atom is 0.255 e. The van der Waals surface area contributed by atoms with E-state index in [1.807, 2.05) is 43.0 Å². The summed E-state index contributed by atoms with van der Waals surface area (Å²) in [6.07, 6.45) is 1.77. The number of benzene rings is 2. The summed E-state index contributed by atoms with van der Waals surface area (Å²) in [6, 6.07) is 12.3. The first-order valence-corrected chi connectivity index (χ1v) is 14.9. The lowest BCUT2D eigenvalue weighted by Crippen LogP contribution is -2.54. The molecule has 230 valence electrons. The van der Waals surface area contributed by atoms with Crippen molar-refractivity contribution in [2.75, 3.05) is 26.7 Å². The lowest BCUT2D eigenvalue weighted by molar-refractivity contribution is -0.137. The van der Waals surface area contributed by atoms with E-state index < -0.39 is 29.8 Å². The predicted molar refractivity (Wildman–Crippen MR) is 160 cm³/mol. The number of carbonyl (C=O) groups is 5. The SMILES string of the molecule is CC[C@H](C)[C@@H]1NC(=O)C[C@@H](C(=O)NCc2ccc(CN3CCCC3=O)cc2)NC(=O)c2ccccc2OCCN(C)C1=O. The molecule has 4 rings (SSSR count). The van der Waals surface area contributed by atoms with Gasteiger partial charge in [-0.3, -0.25) is 24.0 Å². The number of nitrogens with one attached hydrogen (secondary N) is 3. The second-order valence-corrected chi connectivity index (χ2v) is 11.2. The van der Waals surface area contributed by atoms with Gasteiger partial charge in [0.25, 0.3) is 5.91 Å². The van der Waals surface area contributed by atoms with Crippen LogP contribution in [0.2, 0.25) is 0 Å². The largest absolute Gasteiger partial charge is 0.491 e. The fraction of sp³-hybridized carbons (Fsp3) is 0.469. The molecule has 11 heteroatoms. The zero-order valence-corrected chi connectivity index (χ0v) is 25.1. The van der Waals surface area contributed by atoms with Gasteiger partial charge in [-0.2, -0.15) is 0 Å². The Labute approximate surface area is 252 Å². The molecule has 0 saturated carbocycles. The van der Waals surface area contributed by atoms with E-state index in [0.29, 0.717) is 25.1 Å². The van der Waals surface area contributed by atoms with Crippen LogP contribution in [0, 0.1) is 5.92 Å². The average molecular weight is 592 g/mol. The van der Waals surface area contributed by atoms with Crippen LogP contribution in [0.15, 0.2) is 48.5 Å². The summed E-state index contributed by atoms with van der Waals surface area (Å²) < 4.78 is 5.86. The fourth-order valence-corrected chi connectivity index (χ4v) is 5.13. The zero-order valence-electron chi connectivity index (χ0n) is 25.1. The van der Waals surface area contributed by atoms with Crippen LogP contribution >= 0.6 is 0 Å². The van der Waals surface area contributed by atoms with Gasteiger partial charge in [-0.25, -0.2) is 0 Å². The van der Waals surface area contributed by atoms with Gasteiger partial charge in [0.05, 0.1) is 18.5 Å². The Bertz CT molecular complexity index is 1330. The Morgan fingerprint density at radius 3 is 2.44 bits per heavy atom. The molecule has 0 unspecified atom stereocenters. The van der Waals surface area contributed by atoms with Gasteiger partial charge in [0.15, 0.2) is 0 Å². The van der Waals surface area contributed by atoms with Crippen LogP contribution in [0.3, 0.4) is 0 Å². The number of para-hydroxylation sites is 1. The summed E-state index contributed by atoms with van der Waals surface area (Å²) >= 11 is 0. The van der Waals surface area contributed by atoms with Crippen molar-refractivity contribution in [1.82, 2.24) is 25.8 Å². The van der Waals surface area contributed by atoms with Crippen LogP contribution in [-0.2, 0) is 32.3 Å². The van der Waals surface area contributed by atoms with Crippen LogP contribution < -0.4 is 20.7 Å². The Hall–Kier alpha value is -4.41. The highest BCUT2D eigenvalue weighted by molar-refractivity contribution is 6.01. The molecule has 0 radical (unpaired) electrons. The van der Waals surface area contributed by atoms with Crippen molar-refractivity contribution >= 4 is 29.5 Å².